The predicted molar refractivity (Wildman–Crippen MR) is 96.2 cm³/mol. The molecular weight excluding hydrogens is 302 g/mol. The maximum absolute atomic E-state index is 12.2. The Morgan fingerprint density at radius 1 is 0.958 bits per heavy atom. The zero-order valence-electron chi connectivity index (χ0n) is 13.5. The van der Waals surface area contributed by atoms with Crippen LogP contribution >= 0.6 is 0 Å². The molecule has 2 N–H and O–H groups in total. The predicted octanol–water partition coefficient (Wildman–Crippen LogP) is 3.87. The van der Waals surface area contributed by atoms with Crippen LogP contribution in [0, 0.1) is 0 Å². The zero-order valence-corrected chi connectivity index (χ0v) is 13.5. The van der Waals surface area contributed by atoms with Gasteiger partial charge in [0, 0.05) is 36.6 Å². The van der Waals surface area contributed by atoms with E-state index in [-0.39, 0.29) is 6.03 Å². The van der Waals surface area contributed by atoms with Crippen LogP contribution in [0.1, 0.15) is 18.4 Å². The Bertz CT molecular complexity index is 737. The van der Waals surface area contributed by atoms with Crippen molar-refractivity contribution in [1.29, 1.82) is 0 Å². The van der Waals surface area contributed by atoms with E-state index in [0.717, 1.165) is 42.2 Å². The SMILES string of the molecule is O=C(Nc1ccc(N2CCCC2)cc1)Nc1ccc2c(c1)CCO2. The number of rotatable bonds is 3. The topological polar surface area (TPSA) is 53.6 Å². The lowest BCUT2D eigenvalue weighted by Crippen LogP contribution is -2.20. The minimum absolute atomic E-state index is 0.234. The Morgan fingerprint density at radius 2 is 1.67 bits per heavy atom. The second-order valence-corrected chi connectivity index (χ2v) is 6.24. The van der Waals surface area contributed by atoms with Gasteiger partial charge in [0.1, 0.15) is 5.75 Å². The summed E-state index contributed by atoms with van der Waals surface area (Å²) in [7, 11) is 0. The standard InChI is InChI=1S/C19H21N3O2/c23-19(21-16-5-8-18-14(13-16)9-12-24-18)20-15-3-6-17(7-4-15)22-10-1-2-11-22/h3-8,13H,1-2,9-12H2,(H2,20,21,23). The van der Waals surface area contributed by atoms with Gasteiger partial charge < -0.3 is 20.3 Å². The summed E-state index contributed by atoms with van der Waals surface area (Å²) in [6, 6.07) is 13.5. The summed E-state index contributed by atoms with van der Waals surface area (Å²) in [5.74, 6) is 0.915. The fraction of sp³-hybridized carbons (Fsp3) is 0.316. The smallest absolute Gasteiger partial charge is 0.323 e. The van der Waals surface area contributed by atoms with Crippen LogP contribution in [0.15, 0.2) is 42.5 Å². The summed E-state index contributed by atoms with van der Waals surface area (Å²) in [5.41, 5.74) is 3.94. The third-order valence-electron chi connectivity index (χ3n) is 4.54. The molecular formula is C19H21N3O2. The van der Waals surface area contributed by atoms with Gasteiger partial charge in [-0.15, -0.1) is 0 Å². The van der Waals surface area contributed by atoms with Crippen molar-refractivity contribution < 1.29 is 9.53 Å². The lowest BCUT2D eigenvalue weighted by molar-refractivity contribution is 0.262. The van der Waals surface area contributed by atoms with Gasteiger partial charge in [-0.2, -0.15) is 0 Å². The fourth-order valence-electron chi connectivity index (χ4n) is 3.29. The molecule has 0 spiro atoms. The van der Waals surface area contributed by atoms with Gasteiger partial charge >= 0.3 is 6.03 Å². The lowest BCUT2D eigenvalue weighted by Gasteiger charge is -2.17. The molecule has 1 saturated heterocycles. The van der Waals surface area contributed by atoms with Gasteiger partial charge in [0.15, 0.2) is 0 Å². The number of nitrogens with one attached hydrogen (secondary N) is 2. The van der Waals surface area contributed by atoms with Crippen LogP contribution in [-0.4, -0.2) is 25.7 Å². The van der Waals surface area contributed by atoms with Gasteiger partial charge in [-0.1, -0.05) is 0 Å². The molecule has 0 aromatic heterocycles. The summed E-state index contributed by atoms with van der Waals surface area (Å²) in [6.45, 7) is 2.96. The summed E-state index contributed by atoms with van der Waals surface area (Å²) in [5, 5.41) is 5.75. The number of urea groups is 1. The van der Waals surface area contributed by atoms with Gasteiger partial charge in [-0.05, 0) is 60.9 Å². The van der Waals surface area contributed by atoms with Crippen LogP contribution in [0.2, 0.25) is 0 Å². The van der Waals surface area contributed by atoms with E-state index in [1.54, 1.807) is 0 Å². The van der Waals surface area contributed by atoms with Crippen LogP contribution in [0.3, 0.4) is 0 Å². The Kier molecular flexibility index (Phi) is 3.99. The Labute approximate surface area is 141 Å². The summed E-state index contributed by atoms with van der Waals surface area (Å²) < 4.78 is 5.48. The second kappa shape index (κ2) is 6.43. The van der Waals surface area contributed by atoms with E-state index in [0.29, 0.717) is 6.61 Å². The van der Waals surface area contributed by atoms with E-state index in [4.69, 9.17) is 4.74 Å². The molecule has 0 aliphatic carbocycles. The highest BCUT2D eigenvalue weighted by atomic mass is 16.5. The first-order valence-corrected chi connectivity index (χ1v) is 8.47. The molecule has 0 atom stereocenters. The van der Waals surface area contributed by atoms with Gasteiger partial charge in [-0.3, -0.25) is 0 Å². The summed E-state index contributed by atoms with van der Waals surface area (Å²) in [4.78, 5) is 14.5. The third-order valence-corrected chi connectivity index (χ3v) is 4.54. The quantitative estimate of drug-likeness (QED) is 0.901. The average molecular weight is 323 g/mol. The number of fused-ring (bicyclic) bond motifs is 1. The first kappa shape index (κ1) is 14.9. The number of carbonyl (C=O) groups excluding carboxylic acids is 1. The molecule has 0 radical (unpaired) electrons. The van der Waals surface area contributed by atoms with Gasteiger partial charge in [0.25, 0.3) is 0 Å². The zero-order chi connectivity index (χ0) is 16.4. The first-order chi connectivity index (χ1) is 11.8. The third kappa shape index (κ3) is 3.15. The van der Waals surface area contributed by atoms with Crippen molar-refractivity contribution in [2.75, 3.05) is 35.2 Å². The van der Waals surface area contributed by atoms with Crippen molar-refractivity contribution >= 4 is 23.1 Å². The van der Waals surface area contributed by atoms with Gasteiger partial charge in [-0.25, -0.2) is 4.79 Å². The molecule has 2 aromatic carbocycles. The van der Waals surface area contributed by atoms with E-state index in [1.807, 2.05) is 30.3 Å². The molecule has 1 fully saturated rings. The monoisotopic (exact) mass is 323 g/mol. The molecule has 2 aliphatic rings. The minimum atomic E-state index is -0.234. The number of ether oxygens (including phenoxy) is 1. The number of carbonyl (C=O) groups is 1. The largest absolute Gasteiger partial charge is 0.493 e. The molecule has 0 bridgehead atoms. The number of amides is 2. The van der Waals surface area contributed by atoms with Gasteiger partial charge in [0.2, 0.25) is 0 Å². The van der Waals surface area contributed by atoms with Crippen LogP contribution in [0.4, 0.5) is 21.9 Å². The van der Waals surface area contributed by atoms with Crippen LogP contribution in [0.5, 0.6) is 5.75 Å². The summed E-state index contributed by atoms with van der Waals surface area (Å²) in [6.07, 6.45) is 3.41. The van der Waals surface area contributed by atoms with Crippen LogP contribution < -0.4 is 20.3 Å². The molecule has 24 heavy (non-hydrogen) atoms. The first-order valence-electron chi connectivity index (χ1n) is 8.47. The molecule has 2 amide bonds. The molecule has 2 aliphatic heterocycles. The Hall–Kier alpha value is -2.69. The molecule has 2 aromatic rings. The normalized spacial score (nSPS) is 15.8. The highest BCUT2D eigenvalue weighted by molar-refractivity contribution is 5.99. The average Bonchev–Trinajstić information content (AvgIpc) is 3.26. The van der Waals surface area contributed by atoms with Crippen molar-refractivity contribution in [2.24, 2.45) is 0 Å². The molecule has 0 unspecified atom stereocenters. The number of hydrogen-bond acceptors (Lipinski definition) is 3. The van der Waals surface area contributed by atoms with E-state index in [2.05, 4.69) is 27.7 Å². The molecule has 5 nitrogen and oxygen atoms in total. The Balaban J connectivity index is 1.37. The van der Waals surface area contributed by atoms with Crippen LogP contribution in [-0.2, 0) is 6.42 Å². The van der Waals surface area contributed by atoms with E-state index >= 15 is 0 Å². The van der Waals surface area contributed by atoms with Crippen molar-refractivity contribution in [1.82, 2.24) is 0 Å². The fourth-order valence-corrected chi connectivity index (χ4v) is 3.29. The molecule has 0 saturated carbocycles. The molecule has 2 heterocycles. The van der Waals surface area contributed by atoms with E-state index < -0.39 is 0 Å². The summed E-state index contributed by atoms with van der Waals surface area (Å²) >= 11 is 0. The van der Waals surface area contributed by atoms with Crippen LogP contribution in [0.25, 0.3) is 0 Å². The Morgan fingerprint density at radius 3 is 2.46 bits per heavy atom. The van der Waals surface area contributed by atoms with Crippen molar-refractivity contribution in [3.8, 4) is 5.75 Å². The highest BCUT2D eigenvalue weighted by Crippen LogP contribution is 2.28. The maximum Gasteiger partial charge on any atom is 0.323 e. The number of hydrogen-bond donors (Lipinski definition) is 2. The number of anilines is 3. The number of benzene rings is 2. The van der Waals surface area contributed by atoms with E-state index in [1.165, 1.54) is 18.5 Å². The van der Waals surface area contributed by atoms with E-state index in [9.17, 15) is 4.79 Å². The number of nitrogens with zero attached hydrogens (tertiary/aromatic N) is 1. The lowest BCUT2D eigenvalue weighted by atomic mass is 10.1. The minimum Gasteiger partial charge on any atom is -0.493 e. The van der Waals surface area contributed by atoms with Crippen molar-refractivity contribution in [3.05, 3.63) is 48.0 Å². The second-order valence-electron chi connectivity index (χ2n) is 6.24. The molecule has 4 rings (SSSR count). The maximum atomic E-state index is 12.2. The van der Waals surface area contributed by atoms with Crippen molar-refractivity contribution in [2.45, 2.75) is 19.3 Å². The van der Waals surface area contributed by atoms with Gasteiger partial charge in [0.05, 0.1) is 6.61 Å². The molecule has 124 valence electrons. The highest BCUT2D eigenvalue weighted by Gasteiger charge is 2.14. The van der Waals surface area contributed by atoms with Crippen molar-refractivity contribution in [3.63, 3.8) is 0 Å². The molecule has 5 heteroatoms.